The van der Waals surface area contributed by atoms with E-state index in [2.05, 4.69) is 5.32 Å². The molecule has 21 heavy (non-hydrogen) atoms. The smallest absolute Gasteiger partial charge is 0.255 e. The molecule has 110 valence electrons. The van der Waals surface area contributed by atoms with Gasteiger partial charge in [-0.15, -0.1) is 0 Å². The van der Waals surface area contributed by atoms with E-state index in [1.54, 1.807) is 24.3 Å². The molecule has 0 aliphatic rings. The molecule has 0 aromatic heterocycles. The molecule has 0 fully saturated rings. The second-order valence-electron chi connectivity index (χ2n) is 4.57. The van der Waals surface area contributed by atoms with Gasteiger partial charge in [0, 0.05) is 16.3 Å². The fourth-order valence-corrected chi connectivity index (χ4v) is 2.09. The van der Waals surface area contributed by atoms with Gasteiger partial charge in [-0.2, -0.15) is 0 Å². The lowest BCUT2D eigenvalue weighted by Gasteiger charge is -2.12. The molecule has 5 heteroatoms. The van der Waals surface area contributed by atoms with Crippen molar-refractivity contribution >= 4 is 28.9 Å². The van der Waals surface area contributed by atoms with Crippen molar-refractivity contribution in [3.63, 3.8) is 0 Å². The molecule has 0 unspecified atom stereocenters. The van der Waals surface area contributed by atoms with Crippen LogP contribution in [-0.4, -0.2) is 12.5 Å². The minimum atomic E-state index is -0.281. The van der Waals surface area contributed by atoms with E-state index in [0.717, 1.165) is 6.42 Å². The summed E-state index contributed by atoms with van der Waals surface area (Å²) in [6.45, 7) is 2.62. The second kappa shape index (κ2) is 6.99. The van der Waals surface area contributed by atoms with E-state index >= 15 is 0 Å². The molecule has 0 atom stereocenters. The number of nitrogens with one attached hydrogen (secondary N) is 1. The predicted octanol–water partition coefficient (Wildman–Crippen LogP) is 3.96. The Kier molecular flexibility index (Phi) is 5.06. The Morgan fingerprint density at radius 2 is 2.05 bits per heavy atom. The van der Waals surface area contributed by atoms with E-state index in [1.165, 1.54) is 0 Å². The van der Waals surface area contributed by atoms with Crippen LogP contribution in [-0.2, 0) is 0 Å². The number of benzene rings is 2. The number of rotatable bonds is 5. The maximum absolute atomic E-state index is 12.3. The lowest BCUT2D eigenvalue weighted by molar-refractivity contribution is 0.102. The first kappa shape index (κ1) is 15.2. The van der Waals surface area contributed by atoms with Crippen LogP contribution in [0.15, 0.2) is 42.5 Å². The fraction of sp³-hybridized carbons (Fsp3) is 0.188. The molecule has 4 nitrogen and oxygen atoms in total. The molecular weight excluding hydrogens is 288 g/mol. The van der Waals surface area contributed by atoms with Crippen LogP contribution in [0.1, 0.15) is 23.7 Å². The highest BCUT2D eigenvalue weighted by molar-refractivity contribution is 6.31. The van der Waals surface area contributed by atoms with E-state index in [4.69, 9.17) is 22.1 Å². The van der Waals surface area contributed by atoms with Crippen LogP contribution in [0.25, 0.3) is 0 Å². The molecule has 0 aliphatic heterocycles. The van der Waals surface area contributed by atoms with E-state index in [-0.39, 0.29) is 5.91 Å². The molecule has 0 bridgehead atoms. The van der Waals surface area contributed by atoms with Crippen molar-refractivity contribution in [2.75, 3.05) is 17.7 Å². The number of nitrogens with two attached hydrogens (primary N) is 1. The standard InChI is InChI=1S/C16H17ClN2O2/c1-2-7-21-15-6-4-3-5-14(15)19-16(20)11-8-12(17)10-13(18)9-11/h3-6,8-10H,2,7,18H2,1H3,(H,19,20). The first-order valence-electron chi connectivity index (χ1n) is 6.69. The molecule has 0 saturated carbocycles. The first-order valence-corrected chi connectivity index (χ1v) is 7.07. The minimum Gasteiger partial charge on any atom is -0.491 e. The monoisotopic (exact) mass is 304 g/mol. The third-order valence-electron chi connectivity index (χ3n) is 2.78. The van der Waals surface area contributed by atoms with Crippen LogP contribution in [0.3, 0.4) is 0 Å². The van der Waals surface area contributed by atoms with Gasteiger partial charge < -0.3 is 15.8 Å². The highest BCUT2D eigenvalue weighted by atomic mass is 35.5. The largest absolute Gasteiger partial charge is 0.491 e. The number of amides is 1. The summed E-state index contributed by atoms with van der Waals surface area (Å²) in [5, 5.41) is 3.24. The van der Waals surface area contributed by atoms with Gasteiger partial charge in [-0.25, -0.2) is 0 Å². The van der Waals surface area contributed by atoms with E-state index in [0.29, 0.717) is 34.3 Å². The van der Waals surface area contributed by atoms with Gasteiger partial charge in [-0.3, -0.25) is 4.79 Å². The number of nitrogen functional groups attached to an aromatic ring is 1. The number of ether oxygens (including phenoxy) is 1. The SMILES string of the molecule is CCCOc1ccccc1NC(=O)c1cc(N)cc(Cl)c1. The summed E-state index contributed by atoms with van der Waals surface area (Å²) in [6, 6.07) is 12.0. The predicted molar refractivity (Wildman–Crippen MR) is 86.0 cm³/mol. The molecule has 2 aromatic carbocycles. The molecule has 1 amide bonds. The van der Waals surface area contributed by atoms with Crippen LogP contribution in [0.4, 0.5) is 11.4 Å². The van der Waals surface area contributed by atoms with Crippen molar-refractivity contribution < 1.29 is 9.53 Å². The summed E-state index contributed by atoms with van der Waals surface area (Å²) < 4.78 is 5.61. The van der Waals surface area contributed by atoms with Gasteiger partial charge >= 0.3 is 0 Å². The molecule has 0 spiro atoms. The van der Waals surface area contributed by atoms with Crippen molar-refractivity contribution in [3.05, 3.63) is 53.1 Å². The van der Waals surface area contributed by atoms with E-state index in [1.807, 2.05) is 25.1 Å². The van der Waals surface area contributed by atoms with Crippen LogP contribution < -0.4 is 15.8 Å². The van der Waals surface area contributed by atoms with Crippen LogP contribution in [0.2, 0.25) is 5.02 Å². The second-order valence-corrected chi connectivity index (χ2v) is 5.01. The molecule has 2 aromatic rings. The number of halogens is 1. The summed E-state index contributed by atoms with van der Waals surface area (Å²) in [5.74, 6) is 0.361. The summed E-state index contributed by atoms with van der Waals surface area (Å²) in [4.78, 5) is 12.3. The van der Waals surface area contributed by atoms with Crippen LogP contribution >= 0.6 is 11.6 Å². The lowest BCUT2D eigenvalue weighted by Crippen LogP contribution is -2.13. The molecule has 0 radical (unpaired) electrons. The first-order chi connectivity index (χ1) is 10.1. The van der Waals surface area contributed by atoms with Crippen LogP contribution in [0.5, 0.6) is 5.75 Å². The van der Waals surface area contributed by atoms with Crippen molar-refractivity contribution in [2.24, 2.45) is 0 Å². The zero-order chi connectivity index (χ0) is 15.2. The summed E-state index contributed by atoms with van der Waals surface area (Å²) >= 11 is 5.91. The van der Waals surface area contributed by atoms with Gasteiger partial charge in [0.25, 0.3) is 5.91 Å². The van der Waals surface area contributed by atoms with Crippen molar-refractivity contribution in [1.29, 1.82) is 0 Å². The number of hydrogen-bond acceptors (Lipinski definition) is 3. The van der Waals surface area contributed by atoms with Gasteiger partial charge in [-0.05, 0) is 36.8 Å². The third kappa shape index (κ3) is 4.13. The molecule has 0 saturated heterocycles. The lowest BCUT2D eigenvalue weighted by atomic mass is 10.2. The number of carbonyl (C=O) groups is 1. The van der Waals surface area contributed by atoms with E-state index < -0.39 is 0 Å². The van der Waals surface area contributed by atoms with Crippen molar-refractivity contribution in [2.45, 2.75) is 13.3 Å². The van der Waals surface area contributed by atoms with Gasteiger partial charge in [-0.1, -0.05) is 30.7 Å². The van der Waals surface area contributed by atoms with Gasteiger partial charge in [0.1, 0.15) is 5.75 Å². The fourth-order valence-electron chi connectivity index (χ4n) is 1.85. The van der Waals surface area contributed by atoms with Crippen molar-refractivity contribution in [3.8, 4) is 5.75 Å². The Bertz CT molecular complexity index is 624. The number of anilines is 2. The van der Waals surface area contributed by atoms with Gasteiger partial charge in [0.2, 0.25) is 0 Å². The molecule has 0 heterocycles. The number of hydrogen-bond donors (Lipinski definition) is 2. The maximum atomic E-state index is 12.3. The minimum absolute atomic E-state index is 0.281. The van der Waals surface area contributed by atoms with Crippen molar-refractivity contribution in [1.82, 2.24) is 0 Å². The number of para-hydroxylation sites is 2. The summed E-state index contributed by atoms with van der Waals surface area (Å²) in [6.07, 6.45) is 0.896. The molecular formula is C16H17ClN2O2. The highest BCUT2D eigenvalue weighted by Gasteiger charge is 2.11. The Hall–Kier alpha value is -2.20. The average Bonchev–Trinajstić information content (AvgIpc) is 2.45. The topological polar surface area (TPSA) is 64.3 Å². The molecule has 3 N–H and O–H groups in total. The normalized spacial score (nSPS) is 10.2. The molecule has 2 rings (SSSR count). The Labute approximate surface area is 128 Å². The van der Waals surface area contributed by atoms with Crippen LogP contribution in [0, 0.1) is 0 Å². The quantitative estimate of drug-likeness (QED) is 0.822. The third-order valence-corrected chi connectivity index (χ3v) is 3.00. The Morgan fingerprint density at radius 1 is 1.29 bits per heavy atom. The summed E-state index contributed by atoms with van der Waals surface area (Å²) in [7, 11) is 0. The Morgan fingerprint density at radius 3 is 2.76 bits per heavy atom. The average molecular weight is 305 g/mol. The van der Waals surface area contributed by atoms with Gasteiger partial charge in [0.15, 0.2) is 0 Å². The van der Waals surface area contributed by atoms with Gasteiger partial charge in [0.05, 0.1) is 12.3 Å². The number of carbonyl (C=O) groups excluding carboxylic acids is 1. The van der Waals surface area contributed by atoms with E-state index in [9.17, 15) is 4.79 Å². The summed E-state index contributed by atoms with van der Waals surface area (Å²) in [5.41, 5.74) is 7.17. The Balaban J connectivity index is 2.19. The zero-order valence-electron chi connectivity index (χ0n) is 11.7. The molecule has 0 aliphatic carbocycles. The zero-order valence-corrected chi connectivity index (χ0v) is 12.5. The maximum Gasteiger partial charge on any atom is 0.255 e. The highest BCUT2D eigenvalue weighted by Crippen LogP contribution is 2.25.